The summed E-state index contributed by atoms with van der Waals surface area (Å²) in [6.45, 7) is 0. The third kappa shape index (κ3) is 3.35. The van der Waals surface area contributed by atoms with E-state index in [-0.39, 0.29) is 11.4 Å². The molecule has 4 nitrogen and oxygen atoms in total. The molecule has 0 saturated carbocycles. The second-order valence-electron chi connectivity index (χ2n) is 7.40. The number of amides is 1. The lowest BCUT2D eigenvalue weighted by Gasteiger charge is -2.27. The number of hydrogen-bond donors (Lipinski definition) is 1. The van der Waals surface area contributed by atoms with Crippen molar-refractivity contribution in [1.29, 1.82) is 0 Å². The lowest BCUT2D eigenvalue weighted by atomic mass is 9.96. The zero-order valence-corrected chi connectivity index (χ0v) is 17.2. The van der Waals surface area contributed by atoms with Crippen LogP contribution in [0.1, 0.15) is 33.2 Å². The summed E-state index contributed by atoms with van der Waals surface area (Å²) in [6, 6.07) is 20.3. The highest BCUT2D eigenvalue weighted by atomic mass is 35.5. The van der Waals surface area contributed by atoms with Gasteiger partial charge in [-0.2, -0.15) is 18.3 Å². The normalized spacial score (nSPS) is 15.8. The number of rotatable bonds is 3. The lowest BCUT2D eigenvalue weighted by molar-refractivity contribution is -0.137. The van der Waals surface area contributed by atoms with E-state index in [1.54, 1.807) is 24.3 Å². The molecular weight excluding hydrogens is 439 g/mol. The quantitative estimate of drug-likeness (QED) is 0.385. The summed E-state index contributed by atoms with van der Waals surface area (Å²) in [7, 11) is 0. The number of alkyl halides is 3. The molecule has 5 rings (SSSR count). The van der Waals surface area contributed by atoms with E-state index < -0.39 is 23.7 Å². The molecule has 0 spiro atoms. The van der Waals surface area contributed by atoms with E-state index >= 15 is 0 Å². The van der Waals surface area contributed by atoms with Gasteiger partial charge in [-0.3, -0.25) is 14.8 Å². The Balaban J connectivity index is 1.71. The van der Waals surface area contributed by atoms with Gasteiger partial charge in [-0.1, -0.05) is 60.1 Å². The molecule has 1 aromatic heterocycles. The van der Waals surface area contributed by atoms with Gasteiger partial charge in [0.15, 0.2) is 0 Å². The second kappa shape index (κ2) is 7.53. The van der Waals surface area contributed by atoms with Crippen LogP contribution in [0.4, 0.5) is 18.9 Å². The molecular formula is C24H15ClF3N3O. The number of anilines is 1. The minimum atomic E-state index is -4.53. The highest BCUT2D eigenvalue weighted by Crippen LogP contribution is 2.46. The summed E-state index contributed by atoms with van der Waals surface area (Å²) in [6.07, 6.45) is -4.53. The molecule has 4 aromatic rings. The van der Waals surface area contributed by atoms with Crippen LogP contribution in [0.2, 0.25) is 5.02 Å². The number of fused-ring (bicyclic) bond motifs is 1. The Kier molecular flexibility index (Phi) is 4.78. The predicted octanol–water partition coefficient (Wildman–Crippen LogP) is 6.50. The standard InChI is InChI=1S/C24H15ClF3N3O/c25-17-11-9-15(10-12-17)22-19-20(14-5-2-1-3-6-14)29-30-21(19)23(32)31(22)18-8-4-7-16(13-18)24(26,27)28/h1-13,22H,(H,29,30)/t22-/m1/s1. The molecule has 0 aliphatic carbocycles. The Morgan fingerprint density at radius 2 is 1.66 bits per heavy atom. The molecule has 1 atom stereocenters. The minimum Gasteiger partial charge on any atom is -0.295 e. The van der Waals surface area contributed by atoms with Crippen molar-refractivity contribution < 1.29 is 18.0 Å². The Labute approximate surface area is 186 Å². The van der Waals surface area contributed by atoms with Crippen molar-refractivity contribution in [2.45, 2.75) is 12.2 Å². The fourth-order valence-corrected chi connectivity index (χ4v) is 4.15. The highest BCUT2D eigenvalue weighted by molar-refractivity contribution is 6.30. The minimum absolute atomic E-state index is 0.147. The van der Waals surface area contributed by atoms with Gasteiger partial charge >= 0.3 is 6.18 Å². The summed E-state index contributed by atoms with van der Waals surface area (Å²) < 4.78 is 40.1. The molecule has 0 fully saturated rings. The number of nitrogens with zero attached hydrogens (tertiary/aromatic N) is 2. The van der Waals surface area contributed by atoms with Gasteiger partial charge in [-0.25, -0.2) is 0 Å². The zero-order chi connectivity index (χ0) is 22.5. The van der Waals surface area contributed by atoms with Crippen molar-refractivity contribution in [3.8, 4) is 11.3 Å². The topological polar surface area (TPSA) is 49.0 Å². The van der Waals surface area contributed by atoms with Crippen LogP contribution in [0.5, 0.6) is 0 Å². The van der Waals surface area contributed by atoms with Crippen LogP contribution in [-0.2, 0) is 6.18 Å². The SMILES string of the molecule is O=C1c2[nH]nc(-c3ccccc3)c2[C@@H](c2ccc(Cl)cc2)N1c1cccc(C(F)(F)F)c1. The number of carbonyl (C=O) groups excluding carboxylic acids is 1. The number of nitrogens with one attached hydrogen (secondary N) is 1. The van der Waals surface area contributed by atoms with Gasteiger partial charge in [0.1, 0.15) is 5.69 Å². The maximum Gasteiger partial charge on any atom is 0.416 e. The summed E-state index contributed by atoms with van der Waals surface area (Å²) in [5.74, 6) is -0.450. The summed E-state index contributed by atoms with van der Waals surface area (Å²) in [4.78, 5) is 14.8. The van der Waals surface area contributed by atoms with E-state index in [1.165, 1.54) is 17.0 Å². The van der Waals surface area contributed by atoms with Gasteiger partial charge < -0.3 is 0 Å². The van der Waals surface area contributed by atoms with Crippen LogP contribution >= 0.6 is 11.6 Å². The van der Waals surface area contributed by atoms with Crippen molar-refractivity contribution in [2.24, 2.45) is 0 Å². The Bertz CT molecular complexity index is 1300. The van der Waals surface area contributed by atoms with Crippen molar-refractivity contribution in [3.63, 3.8) is 0 Å². The van der Waals surface area contributed by atoms with E-state index in [4.69, 9.17) is 11.6 Å². The molecule has 0 radical (unpaired) electrons. The van der Waals surface area contributed by atoms with E-state index in [9.17, 15) is 18.0 Å². The number of hydrogen-bond acceptors (Lipinski definition) is 2. The third-order valence-corrected chi connectivity index (χ3v) is 5.70. The van der Waals surface area contributed by atoms with Gasteiger partial charge in [0.05, 0.1) is 17.3 Å². The summed E-state index contributed by atoms with van der Waals surface area (Å²) in [5.41, 5.74) is 2.26. The molecule has 1 amide bonds. The largest absolute Gasteiger partial charge is 0.416 e. The fourth-order valence-electron chi connectivity index (χ4n) is 4.02. The Morgan fingerprint density at radius 3 is 2.34 bits per heavy atom. The molecule has 3 aromatic carbocycles. The first kappa shape index (κ1) is 20.3. The zero-order valence-electron chi connectivity index (χ0n) is 16.4. The second-order valence-corrected chi connectivity index (χ2v) is 7.84. The first-order chi connectivity index (χ1) is 15.3. The first-order valence-corrected chi connectivity index (χ1v) is 10.1. The number of carbonyl (C=O) groups is 1. The van der Waals surface area contributed by atoms with E-state index in [2.05, 4.69) is 10.2 Å². The number of halogens is 4. The van der Waals surface area contributed by atoms with Crippen molar-refractivity contribution in [3.05, 3.63) is 106 Å². The smallest absolute Gasteiger partial charge is 0.295 e. The van der Waals surface area contributed by atoms with Crippen LogP contribution in [0.25, 0.3) is 11.3 Å². The maximum absolute atomic E-state index is 13.4. The summed E-state index contributed by atoms with van der Waals surface area (Å²) >= 11 is 6.05. The van der Waals surface area contributed by atoms with E-state index in [0.29, 0.717) is 21.8 Å². The van der Waals surface area contributed by atoms with Gasteiger partial charge in [0.25, 0.3) is 5.91 Å². The van der Waals surface area contributed by atoms with Crippen molar-refractivity contribution in [1.82, 2.24) is 10.2 Å². The van der Waals surface area contributed by atoms with Gasteiger partial charge in [0, 0.05) is 21.8 Å². The Morgan fingerprint density at radius 1 is 0.938 bits per heavy atom. The maximum atomic E-state index is 13.4. The number of benzene rings is 3. The molecule has 2 heterocycles. The number of aromatic amines is 1. The van der Waals surface area contributed by atoms with Crippen molar-refractivity contribution >= 4 is 23.2 Å². The van der Waals surface area contributed by atoms with E-state index in [0.717, 1.165) is 17.7 Å². The molecule has 1 aliphatic rings. The first-order valence-electron chi connectivity index (χ1n) is 9.74. The molecule has 8 heteroatoms. The van der Waals surface area contributed by atoms with Crippen molar-refractivity contribution in [2.75, 3.05) is 4.90 Å². The molecule has 32 heavy (non-hydrogen) atoms. The molecule has 160 valence electrons. The fraction of sp³-hybridized carbons (Fsp3) is 0.0833. The Hall–Kier alpha value is -3.58. The highest BCUT2D eigenvalue weighted by Gasteiger charge is 2.43. The molecule has 0 unspecified atom stereocenters. The third-order valence-electron chi connectivity index (χ3n) is 5.45. The van der Waals surface area contributed by atoms with Gasteiger partial charge in [-0.15, -0.1) is 0 Å². The molecule has 1 N–H and O–H groups in total. The number of H-pyrrole nitrogens is 1. The average Bonchev–Trinajstić information content (AvgIpc) is 3.34. The number of aromatic nitrogens is 2. The van der Waals surface area contributed by atoms with Crippen LogP contribution in [0.15, 0.2) is 78.9 Å². The van der Waals surface area contributed by atoms with E-state index in [1.807, 2.05) is 30.3 Å². The average molecular weight is 454 g/mol. The molecule has 0 saturated heterocycles. The predicted molar refractivity (Wildman–Crippen MR) is 116 cm³/mol. The molecule has 0 bridgehead atoms. The summed E-state index contributed by atoms with van der Waals surface area (Å²) in [5, 5.41) is 7.67. The van der Waals surface area contributed by atoms with Gasteiger partial charge in [-0.05, 0) is 35.9 Å². The monoisotopic (exact) mass is 453 g/mol. The van der Waals surface area contributed by atoms with Crippen LogP contribution in [-0.4, -0.2) is 16.1 Å². The molecule has 1 aliphatic heterocycles. The lowest BCUT2D eigenvalue weighted by Crippen LogP contribution is -2.29. The van der Waals surface area contributed by atoms with Crippen LogP contribution < -0.4 is 4.90 Å². The van der Waals surface area contributed by atoms with Gasteiger partial charge in [0.2, 0.25) is 0 Å². The van der Waals surface area contributed by atoms with Crippen LogP contribution in [0, 0.1) is 0 Å². The van der Waals surface area contributed by atoms with Crippen LogP contribution in [0.3, 0.4) is 0 Å².